The molecule has 0 spiro atoms. The monoisotopic (exact) mass is 333 g/mol. The number of nitrogens with zero attached hydrogens (tertiary/aromatic N) is 1. The van der Waals surface area contributed by atoms with E-state index in [1.165, 1.54) is 12.1 Å². The van der Waals surface area contributed by atoms with E-state index in [1.54, 1.807) is 19.9 Å². The molecule has 0 atom stereocenters. The Labute approximate surface area is 135 Å². The van der Waals surface area contributed by atoms with E-state index in [2.05, 4.69) is 5.16 Å². The Morgan fingerprint density at radius 2 is 2.00 bits per heavy atom. The molecule has 1 aromatic carbocycles. The summed E-state index contributed by atoms with van der Waals surface area (Å²) in [5, 5.41) is 3.68. The Balaban J connectivity index is 1.72. The summed E-state index contributed by atoms with van der Waals surface area (Å²) in [5.74, 6) is -1.08. The van der Waals surface area contributed by atoms with Crippen molar-refractivity contribution in [3.8, 4) is 11.3 Å². The lowest BCUT2D eigenvalue weighted by molar-refractivity contribution is 0.0443. The van der Waals surface area contributed by atoms with Crippen molar-refractivity contribution in [2.24, 2.45) is 0 Å². The number of carbonyl (C=O) groups excluding carboxylic acids is 1. The van der Waals surface area contributed by atoms with Crippen LogP contribution in [0.4, 0.5) is 8.78 Å². The number of halogens is 2. The van der Waals surface area contributed by atoms with Crippen molar-refractivity contribution >= 4 is 5.97 Å². The molecule has 3 aromatic rings. The van der Waals surface area contributed by atoms with Gasteiger partial charge in [0.05, 0.1) is 11.3 Å². The van der Waals surface area contributed by atoms with Crippen LogP contribution in [0.25, 0.3) is 11.3 Å². The van der Waals surface area contributed by atoms with Gasteiger partial charge in [-0.2, -0.15) is 0 Å². The average molecular weight is 333 g/mol. The SMILES string of the molecule is Cc1noc(C)c1C(=O)OCc1ccc(-c2ccc(F)cc2F)o1. The second-order valence-electron chi connectivity index (χ2n) is 5.17. The molecule has 0 saturated heterocycles. The zero-order valence-corrected chi connectivity index (χ0v) is 12.9. The van der Waals surface area contributed by atoms with Crippen LogP contribution in [0.3, 0.4) is 0 Å². The number of benzene rings is 1. The van der Waals surface area contributed by atoms with Gasteiger partial charge in [-0.25, -0.2) is 13.6 Å². The van der Waals surface area contributed by atoms with Gasteiger partial charge in [-0.15, -0.1) is 0 Å². The number of esters is 1. The molecule has 0 N–H and O–H groups in total. The van der Waals surface area contributed by atoms with Crippen molar-refractivity contribution in [3.63, 3.8) is 0 Å². The number of hydrogen-bond acceptors (Lipinski definition) is 5. The molecule has 7 heteroatoms. The van der Waals surface area contributed by atoms with Gasteiger partial charge in [0.25, 0.3) is 0 Å². The third-order valence-corrected chi connectivity index (χ3v) is 3.44. The number of carbonyl (C=O) groups is 1. The highest BCUT2D eigenvalue weighted by Crippen LogP contribution is 2.26. The Morgan fingerprint density at radius 3 is 2.67 bits per heavy atom. The number of ether oxygens (including phenoxy) is 1. The van der Waals surface area contributed by atoms with Crippen molar-refractivity contribution in [2.45, 2.75) is 20.5 Å². The van der Waals surface area contributed by atoms with Gasteiger partial charge in [-0.1, -0.05) is 5.16 Å². The standard InChI is InChI=1S/C17H13F2NO4/c1-9-16(10(2)24-20-9)17(21)22-8-12-4-6-15(23-12)13-5-3-11(18)7-14(13)19/h3-7H,8H2,1-2H3. The summed E-state index contributed by atoms with van der Waals surface area (Å²) in [4.78, 5) is 12.0. The van der Waals surface area contributed by atoms with E-state index in [4.69, 9.17) is 13.7 Å². The molecule has 0 aliphatic carbocycles. The van der Waals surface area contributed by atoms with Crippen LogP contribution < -0.4 is 0 Å². The van der Waals surface area contributed by atoms with Gasteiger partial charge in [0.15, 0.2) is 0 Å². The fourth-order valence-corrected chi connectivity index (χ4v) is 2.27. The average Bonchev–Trinajstić information content (AvgIpc) is 3.12. The Kier molecular flexibility index (Phi) is 4.16. The van der Waals surface area contributed by atoms with E-state index >= 15 is 0 Å². The molecule has 0 amide bonds. The summed E-state index contributed by atoms with van der Waals surface area (Å²) < 4.78 is 42.2. The molecule has 24 heavy (non-hydrogen) atoms. The lowest BCUT2D eigenvalue weighted by atomic mass is 10.1. The predicted molar refractivity (Wildman–Crippen MR) is 79.2 cm³/mol. The van der Waals surface area contributed by atoms with Crippen LogP contribution in [0.15, 0.2) is 39.3 Å². The van der Waals surface area contributed by atoms with Gasteiger partial charge < -0.3 is 13.7 Å². The van der Waals surface area contributed by atoms with E-state index in [0.29, 0.717) is 17.2 Å². The molecule has 2 aromatic heterocycles. The minimum Gasteiger partial charge on any atom is -0.457 e. The van der Waals surface area contributed by atoms with Gasteiger partial charge in [-0.3, -0.25) is 0 Å². The fourth-order valence-electron chi connectivity index (χ4n) is 2.27. The van der Waals surface area contributed by atoms with Gasteiger partial charge in [-0.05, 0) is 38.1 Å². The zero-order valence-electron chi connectivity index (χ0n) is 12.9. The summed E-state index contributed by atoms with van der Waals surface area (Å²) in [6.45, 7) is 3.11. The second kappa shape index (κ2) is 6.27. The number of rotatable bonds is 4. The summed E-state index contributed by atoms with van der Waals surface area (Å²) in [6.07, 6.45) is 0. The predicted octanol–water partition coefficient (Wildman–Crippen LogP) is 4.19. The molecule has 124 valence electrons. The topological polar surface area (TPSA) is 65.5 Å². The first kappa shape index (κ1) is 15.9. The molecular weight excluding hydrogens is 320 g/mol. The second-order valence-corrected chi connectivity index (χ2v) is 5.17. The quantitative estimate of drug-likeness (QED) is 0.670. The molecule has 0 saturated carbocycles. The van der Waals surface area contributed by atoms with Crippen molar-refractivity contribution in [1.29, 1.82) is 0 Å². The molecule has 0 unspecified atom stereocenters. The summed E-state index contributed by atoms with van der Waals surface area (Å²) in [7, 11) is 0. The lowest BCUT2D eigenvalue weighted by Crippen LogP contribution is -2.06. The number of hydrogen-bond donors (Lipinski definition) is 0. The van der Waals surface area contributed by atoms with Gasteiger partial charge in [0, 0.05) is 6.07 Å². The van der Waals surface area contributed by atoms with E-state index in [1.807, 2.05) is 0 Å². The van der Waals surface area contributed by atoms with Crippen molar-refractivity contribution in [1.82, 2.24) is 5.16 Å². The van der Waals surface area contributed by atoms with Crippen LogP contribution >= 0.6 is 0 Å². The minimum absolute atomic E-state index is 0.125. The van der Waals surface area contributed by atoms with Gasteiger partial charge >= 0.3 is 5.97 Å². The van der Waals surface area contributed by atoms with Gasteiger partial charge in [0.1, 0.15) is 41.1 Å². The first-order valence-electron chi connectivity index (χ1n) is 7.10. The normalized spacial score (nSPS) is 10.8. The Hall–Kier alpha value is -2.96. The summed E-state index contributed by atoms with van der Waals surface area (Å²) >= 11 is 0. The molecule has 0 aliphatic heterocycles. The highest BCUT2D eigenvalue weighted by atomic mass is 19.1. The Morgan fingerprint density at radius 1 is 1.21 bits per heavy atom. The van der Waals surface area contributed by atoms with E-state index in [0.717, 1.165) is 12.1 Å². The summed E-state index contributed by atoms with van der Waals surface area (Å²) in [5.41, 5.74) is 0.831. The molecular formula is C17H13F2NO4. The number of furan rings is 1. The fraction of sp³-hybridized carbons (Fsp3) is 0.176. The molecule has 0 bridgehead atoms. The third kappa shape index (κ3) is 3.05. The zero-order chi connectivity index (χ0) is 17.3. The molecule has 0 aliphatic rings. The summed E-state index contributed by atoms with van der Waals surface area (Å²) in [6, 6.07) is 6.27. The maximum absolute atomic E-state index is 13.7. The largest absolute Gasteiger partial charge is 0.457 e. The van der Waals surface area contributed by atoms with Crippen molar-refractivity contribution < 1.29 is 27.3 Å². The molecule has 3 rings (SSSR count). The van der Waals surface area contributed by atoms with E-state index < -0.39 is 17.6 Å². The van der Waals surface area contributed by atoms with E-state index in [-0.39, 0.29) is 23.5 Å². The van der Waals surface area contributed by atoms with Gasteiger partial charge in [0.2, 0.25) is 0 Å². The molecule has 5 nitrogen and oxygen atoms in total. The van der Waals surface area contributed by atoms with Crippen LogP contribution in [0, 0.1) is 25.5 Å². The number of aromatic nitrogens is 1. The first-order valence-corrected chi connectivity index (χ1v) is 7.10. The first-order chi connectivity index (χ1) is 11.5. The maximum Gasteiger partial charge on any atom is 0.344 e. The highest BCUT2D eigenvalue weighted by Gasteiger charge is 2.19. The van der Waals surface area contributed by atoms with Crippen LogP contribution in [-0.4, -0.2) is 11.1 Å². The highest BCUT2D eigenvalue weighted by molar-refractivity contribution is 5.91. The van der Waals surface area contributed by atoms with Crippen LogP contribution in [0.2, 0.25) is 0 Å². The maximum atomic E-state index is 13.7. The molecule has 0 radical (unpaired) electrons. The smallest absolute Gasteiger partial charge is 0.344 e. The third-order valence-electron chi connectivity index (χ3n) is 3.44. The Bertz CT molecular complexity index is 878. The van der Waals surface area contributed by atoms with Crippen molar-refractivity contribution in [3.05, 3.63) is 64.7 Å². The van der Waals surface area contributed by atoms with E-state index in [9.17, 15) is 13.6 Å². The van der Waals surface area contributed by atoms with Crippen LogP contribution in [0.5, 0.6) is 0 Å². The molecule has 0 fully saturated rings. The van der Waals surface area contributed by atoms with Crippen LogP contribution in [0.1, 0.15) is 27.6 Å². The molecule has 2 heterocycles. The minimum atomic E-state index is -0.733. The number of aryl methyl sites for hydroxylation is 2. The van der Waals surface area contributed by atoms with Crippen molar-refractivity contribution in [2.75, 3.05) is 0 Å². The van der Waals surface area contributed by atoms with Crippen LogP contribution in [-0.2, 0) is 11.3 Å². The lowest BCUT2D eigenvalue weighted by Gasteiger charge is -2.03.